The van der Waals surface area contributed by atoms with Crippen molar-refractivity contribution in [1.82, 2.24) is 0 Å². The molecule has 0 unspecified atom stereocenters. The van der Waals surface area contributed by atoms with E-state index in [0.717, 1.165) is 12.1 Å². The zero-order valence-electron chi connectivity index (χ0n) is 6.41. The van der Waals surface area contributed by atoms with Crippen LogP contribution in [0.4, 0.5) is 13.2 Å². The second-order valence-electron chi connectivity index (χ2n) is 2.48. The van der Waals surface area contributed by atoms with E-state index in [2.05, 4.69) is 6.92 Å². The summed E-state index contributed by atoms with van der Waals surface area (Å²) in [4.78, 5) is 0. The van der Waals surface area contributed by atoms with E-state index in [9.17, 15) is 13.2 Å². The molecule has 1 rings (SSSR count). The minimum absolute atomic E-state index is 0.432. The van der Waals surface area contributed by atoms with Gasteiger partial charge in [-0.2, -0.15) is 0 Å². The third-order valence-electron chi connectivity index (χ3n) is 1.51. The molecule has 0 fully saturated rings. The molecule has 0 aromatic heterocycles. The van der Waals surface area contributed by atoms with Gasteiger partial charge in [0.25, 0.3) is 0 Å². The molecule has 0 spiro atoms. The maximum absolute atomic E-state index is 12.5. The van der Waals surface area contributed by atoms with Crippen molar-refractivity contribution in [3.63, 3.8) is 0 Å². The predicted octanol–water partition coefficient (Wildman–Crippen LogP) is 2.87. The van der Waals surface area contributed by atoms with Crippen LogP contribution in [0.1, 0.15) is 12.0 Å². The van der Waals surface area contributed by atoms with Gasteiger partial charge >= 0.3 is 0 Å². The van der Waals surface area contributed by atoms with Crippen LogP contribution in [0, 0.1) is 24.4 Å². The Morgan fingerprint density at radius 3 is 2.00 bits per heavy atom. The second-order valence-corrected chi connectivity index (χ2v) is 2.48. The molecule has 0 aliphatic carbocycles. The average Bonchev–Trinajstić information content (AvgIpc) is 2.01. The molecule has 0 N–H and O–H groups in total. The van der Waals surface area contributed by atoms with Crippen LogP contribution in [0.25, 0.3) is 0 Å². The highest BCUT2D eigenvalue weighted by Gasteiger charge is 2.09. The third-order valence-corrected chi connectivity index (χ3v) is 1.51. The van der Waals surface area contributed by atoms with Gasteiger partial charge in [-0.1, -0.05) is 6.92 Å². The summed E-state index contributed by atoms with van der Waals surface area (Å²) in [5, 5.41) is 0. The van der Waals surface area contributed by atoms with E-state index in [4.69, 9.17) is 0 Å². The SMILES string of the molecule is [CH2]CCc1cc(F)c(F)c(F)c1. The first-order valence-electron chi connectivity index (χ1n) is 3.58. The van der Waals surface area contributed by atoms with Crippen molar-refractivity contribution < 1.29 is 13.2 Å². The molecule has 0 nitrogen and oxygen atoms in total. The van der Waals surface area contributed by atoms with Crippen LogP contribution < -0.4 is 0 Å². The summed E-state index contributed by atoms with van der Waals surface area (Å²) in [5.41, 5.74) is 0.432. The smallest absolute Gasteiger partial charge is 0.194 e. The van der Waals surface area contributed by atoms with Gasteiger partial charge in [-0.25, -0.2) is 13.2 Å². The number of rotatable bonds is 2. The number of hydrogen-bond donors (Lipinski definition) is 0. The molecule has 0 aliphatic heterocycles. The van der Waals surface area contributed by atoms with Crippen LogP contribution in [0.2, 0.25) is 0 Å². The van der Waals surface area contributed by atoms with Crippen LogP contribution >= 0.6 is 0 Å². The fraction of sp³-hybridized carbons (Fsp3) is 0.222. The van der Waals surface area contributed by atoms with E-state index in [1.54, 1.807) is 0 Å². The van der Waals surface area contributed by atoms with E-state index in [1.165, 1.54) is 0 Å². The molecular weight excluding hydrogens is 165 g/mol. The lowest BCUT2D eigenvalue weighted by Gasteiger charge is -2.00. The highest BCUT2D eigenvalue weighted by molar-refractivity contribution is 5.19. The average molecular weight is 173 g/mol. The van der Waals surface area contributed by atoms with Gasteiger partial charge in [0, 0.05) is 0 Å². The van der Waals surface area contributed by atoms with E-state index in [-0.39, 0.29) is 0 Å². The highest BCUT2D eigenvalue weighted by Crippen LogP contribution is 2.14. The molecule has 0 heterocycles. The highest BCUT2D eigenvalue weighted by atomic mass is 19.2. The van der Waals surface area contributed by atoms with Gasteiger partial charge in [0.05, 0.1) is 0 Å². The quantitative estimate of drug-likeness (QED) is 0.603. The van der Waals surface area contributed by atoms with E-state index in [0.29, 0.717) is 18.4 Å². The van der Waals surface area contributed by atoms with Crippen LogP contribution in [0.3, 0.4) is 0 Å². The first-order valence-corrected chi connectivity index (χ1v) is 3.58. The van der Waals surface area contributed by atoms with Crippen molar-refractivity contribution in [3.05, 3.63) is 42.1 Å². The fourth-order valence-electron chi connectivity index (χ4n) is 0.956. The molecule has 0 saturated heterocycles. The maximum Gasteiger partial charge on any atom is 0.194 e. The predicted molar refractivity (Wildman–Crippen MR) is 40.0 cm³/mol. The Labute approximate surface area is 69.0 Å². The van der Waals surface area contributed by atoms with Gasteiger partial charge in [0.2, 0.25) is 0 Å². The minimum atomic E-state index is -1.41. The lowest BCUT2D eigenvalue weighted by Crippen LogP contribution is -1.94. The van der Waals surface area contributed by atoms with Crippen LogP contribution in [-0.4, -0.2) is 0 Å². The number of aryl methyl sites for hydroxylation is 1. The van der Waals surface area contributed by atoms with Crippen LogP contribution in [0.5, 0.6) is 0 Å². The van der Waals surface area contributed by atoms with Gasteiger partial charge < -0.3 is 0 Å². The molecule has 0 bridgehead atoms. The summed E-state index contributed by atoms with van der Waals surface area (Å²) in [6.07, 6.45) is 0.985. The Hall–Kier alpha value is -0.990. The lowest BCUT2D eigenvalue weighted by atomic mass is 10.1. The summed E-state index contributed by atoms with van der Waals surface area (Å²) >= 11 is 0. The van der Waals surface area contributed by atoms with E-state index in [1.807, 2.05) is 0 Å². The molecular formula is C9H8F3. The Morgan fingerprint density at radius 1 is 1.08 bits per heavy atom. The monoisotopic (exact) mass is 173 g/mol. The van der Waals surface area contributed by atoms with Crippen molar-refractivity contribution in [1.29, 1.82) is 0 Å². The molecule has 65 valence electrons. The van der Waals surface area contributed by atoms with Gasteiger partial charge in [-0.15, -0.1) is 0 Å². The minimum Gasteiger partial charge on any atom is -0.204 e. The molecule has 12 heavy (non-hydrogen) atoms. The molecule has 1 radical (unpaired) electrons. The molecule has 0 amide bonds. The Bertz CT molecular complexity index is 258. The summed E-state index contributed by atoms with van der Waals surface area (Å²) in [6.45, 7) is 3.52. The number of benzene rings is 1. The van der Waals surface area contributed by atoms with Gasteiger partial charge in [-0.05, 0) is 30.5 Å². The normalized spacial score (nSPS) is 10.3. The van der Waals surface area contributed by atoms with Crippen molar-refractivity contribution in [2.45, 2.75) is 12.8 Å². The number of hydrogen-bond acceptors (Lipinski definition) is 0. The van der Waals surface area contributed by atoms with Gasteiger partial charge in [0.1, 0.15) is 0 Å². The first-order chi connectivity index (χ1) is 5.65. The summed E-state index contributed by atoms with van der Waals surface area (Å²) in [5.74, 6) is -3.69. The molecule has 3 heteroatoms. The van der Waals surface area contributed by atoms with Crippen molar-refractivity contribution in [2.24, 2.45) is 0 Å². The lowest BCUT2D eigenvalue weighted by molar-refractivity contribution is 0.445. The van der Waals surface area contributed by atoms with Crippen molar-refractivity contribution >= 4 is 0 Å². The first kappa shape index (κ1) is 9.10. The van der Waals surface area contributed by atoms with Crippen molar-refractivity contribution in [2.75, 3.05) is 0 Å². The van der Waals surface area contributed by atoms with E-state index >= 15 is 0 Å². The Kier molecular flexibility index (Phi) is 2.74. The van der Waals surface area contributed by atoms with E-state index < -0.39 is 17.5 Å². The Balaban J connectivity index is 3.04. The fourth-order valence-corrected chi connectivity index (χ4v) is 0.956. The molecule has 0 saturated carbocycles. The number of halogens is 3. The Morgan fingerprint density at radius 2 is 1.58 bits per heavy atom. The summed E-state index contributed by atoms with van der Waals surface area (Å²) < 4.78 is 37.4. The van der Waals surface area contributed by atoms with Crippen molar-refractivity contribution in [3.8, 4) is 0 Å². The second kappa shape index (κ2) is 3.61. The molecule has 0 aliphatic rings. The van der Waals surface area contributed by atoms with Gasteiger partial charge in [-0.3, -0.25) is 0 Å². The maximum atomic E-state index is 12.5. The summed E-state index contributed by atoms with van der Waals surface area (Å²) in [6, 6.07) is 1.98. The molecule has 0 atom stereocenters. The topological polar surface area (TPSA) is 0 Å². The molecule has 1 aromatic carbocycles. The third kappa shape index (κ3) is 1.78. The summed E-state index contributed by atoms with van der Waals surface area (Å²) in [7, 11) is 0. The standard InChI is InChI=1S/C9H8F3/c1-2-3-6-4-7(10)9(12)8(11)5-6/h4-5H,1-3H2. The van der Waals surface area contributed by atoms with Crippen LogP contribution in [-0.2, 0) is 6.42 Å². The van der Waals surface area contributed by atoms with Gasteiger partial charge in [0.15, 0.2) is 17.5 Å². The largest absolute Gasteiger partial charge is 0.204 e. The zero-order valence-corrected chi connectivity index (χ0v) is 6.41. The zero-order chi connectivity index (χ0) is 9.14. The molecule has 1 aromatic rings. The van der Waals surface area contributed by atoms with Crippen LogP contribution in [0.15, 0.2) is 12.1 Å².